The molecule has 1 rings (SSSR count). The summed E-state index contributed by atoms with van der Waals surface area (Å²) in [5, 5.41) is 12.4. The van der Waals surface area contributed by atoms with Gasteiger partial charge in [0.1, 0.15) is 0 Å². The zero-order valence-electron chi connectivity index (χ0n) is 8.41. The van der Waals surface area contributed by atoms with Gasteiger partial charge in [0.15, 0.2) is 0 Å². The van der Waals surface area contributed by atoms with Crippen molar-refractivity contribution in [2.45, 2.75) is 6.10 Å². The number of aliphatic hydroxyl groups excluding tert-OH is 1. The van der Waals surface area contributed by atoms with Crippen LogP contribution in [0.5, 0.6) is 0 Å². The molecule has 0 aliphatic heterocycles. The molecule has 0 spiro atoms. The Balaban J connectivity index is 2.70. The molecule has 88 valence electrons. The molecule has 0 fully saturated rings. The lowest BCUT2D eigenvalue weighted by Crippen LogP contribution is -2.20. The first-order valence-corrected chi connectivity index (χ1v) is 5.53. The number of primary amides is 1. The standard InChI is InChI=1S/C10H12Cl2N2O2/c11-4-7(15)5-14-6-1-2-8(10(13)16)9(12)3-6/h1-3,7,14-15H,4-5H2,(H2,13,16). The van der Waals surface area contributed by atoms with Crippen molar-refractivity contribution in [1.29, 1.82) is 0 Å². The molecule has 4 nitrogen and oxygen atoms in total. The van der Waals surface area contributed by atoms with E-state index in [1.165, 1.54) is 6.07 Å². The lowest BCUT2D eigenvalue weighted by Gasteiger charge is -2.10. The van der Waals surface area contributed by atoms with E-state index in [2.05, 4.69) is 5.32 Å². The van der Waals surface area contributed by atoms with Crippen LogP contribution < -0.4 is 11.1 Å². The number of benzene rings is 1. The number of aliphatic hydroxyl groups is 1. The summed E-state index contributed by atoms with van der Waals surface area (Å²) in [6.45, 7) is 0.315. The van der Waals surface area contributed by atoms with Crippen molar-refractivity contribution in [3.8, 4) is 0 Å². The highest BCUT2D eigenvalue weighted by Gasteiger charge is 2.07. The highest BCUT2D eigenvalue weighted by molar-refractivity contribution is 6.34. The first kappa shape index (κ1) is 13.1. The van der Waals surface area contributed by atoms with Gasteiger partial charge in [-0.1, -0.05) is 11.6 Å². The molecule has 1 aromatic carbocycles. The fourth-order valence-corrected chi connectivity index (χ4v) is 1.50. The van der Waals surface area contributed by atoms with Gasteiger partial charge in [-0.2, -0.15) is 0 Å². The number of nitrogens with one attached hydrogen (secondary N) is 1. The predicted molar refractivity (Wildman–Crippen MR) is 65.2 cm³/mol. The van der Waals surface area contributed by atoms with E-state index in [1.54, 1.807) is 12.1 Å². The fourth-order valence-electron chi connectivity index (χ4n) is 1.12. The maximum absolute atomic E-state index is 10.9. The molecule has 4 N–H and O–H groups in total. The van der Waals surface area contributed by atoms with Gasteiger partial charge in [-0.15, -0.1) is 11.6 Å². The molecule has 0 aliphatic carbocycles. The number of halogens is 2. The minimum absolute atomic E-state index is 0.153. The van der Waals surface area contributed by atoms with Crippen LogP contribution in [0.1, 0.15) is 10.4 Å². The molecule has 1 atom stereocenters. The zero-order chi connectivity index (χ0) is 12.1. The SMILES string of the molecule is NC(=O)c1ccc(NCC(O)CCl)cc1Cl. The van der Waals surface area contributed by atoms with Gasteiger partial charge < -0.3 is 16.2 Å². The van der Waals surface area contributed by atoms with E-state index < -0.39 is 12.0 Å². The number of alkyl halides is 1. The predicted octanol–water partition coefficient (Wildman–Crippen LogP) is 1.45. The first-order valence-electron chi connectivity index (χ1n) is 4.62. The molecule has 0 bridgehead atoms. The second-order valence-corrected chi connectivity index (χ2v) is 3.96. The summed E-state index contributed by atoms with van der Waals surface area (Å²) >= 11 is 11.3. The van der Waals surface area contributed by atoms with Crippen molar-refractivity contribution in [2.75, 3.05) is 17.7 Å². The van der Waals surface area contributed by atoms with Crippen molar-refractivity contribution in [3.05, 3.63) is 28.8 Å². The van der Waals surface area contributed by atoms with Gasteiger partial charge in [0.05, 0.1) is 22.6 Å². The van der Waals surface area contributed by atoms with E-state index in [-0.39, 0.29) is 16.5 Å². The molecular formula is C10H12Cl2N2O2. The minimum atomic E-state index is -0.628. The van der Waals surface area contributed by atoms with Crippen LogP contribution in [0.15, 0.2) is 18.2 Å². The van der Waals surface area contributed by atoms with Crippen molar-refractivity contribution in [1.82, 2.24) is 0 Å². The van der Waals surface area contributed by atoms with E-state index in [1.807, 2.05) is 0 Å². The second-order valence-electron chi connectivity index (χ2n) is 3.25. The van der Waals surface area contributed by atoms with Crippen LogP contribution in [0.25, 0.3) is 0 Å². The largest absolute Gasteiger partial charge is 0.390 e. The molecule has 1 aromatic rings. The molecule has 1 unspecified atom stereocenters. The summed E-state index contributed by atoms with van der Waals surface area (Å²) in [5.74, 6) is -0.419. The van der Waals surface area contributed by atoms with E-state index in [9.17, 15) is 9.90 Å². The number of anilines is 1. The number of hydrogen-bond acceptors (Lipinski definition) is 3. The maximum atomic E-state index is 10.9. The van der Waals surface area contributed by atoms with Crippen LogP contribution in [0, 0.1) is 0 Å². The number of carbonyl (C=O) groups excluding carboxylic acids is 1. The van der Waals surface area contributed by atoms with E-state index >= 15 is 0 Å². The van der Waals surface area contributed by atoms with Gasteiger partial charge in [-0.3, -0.25) is 4.79 Å². The van der Waals surface area contributed by atoms with Crippen molar-refractivity contribution < 1.29 is 9.90 Å². The summed E-state index contributed by atoms with van der Waals surface area (Å²) in [7, 11) is 0. The third-order valence-electron chi connectivity index (χ3n) is 1.95. The number of nitrogens with two attached hydrogens (primary N) is 1. The molecule has 0 aliphatic rings. The Morgan fingerprint density at radius 2 is 2.25 bits per heavy atom. The zero-order valence-corrected chi connectivity index (χ0v) is 9.92. The van der Waals surface area contributed by atoms with Gasteiger partial charge in [0.25, 0.3) is 0 Å². The third-order valence-corrected chi connectivity index (χ3v) is 2.62. The number of rotatable bonds is 5. The van der Waals surface area contributed by atoms with Gasteiger partial charge in [-0.25, -0.2) is 0 Å². The number of carbonyl (C=O) groups is 1. The summed E-state index contributed by atoms with van der Waals surface area (Å²) in [6, 6.07) is 4.76. The topological polar surface area (TPSA) is 75.4 Å². The van der Waals surface area contributed by atoms with E-state index in [0.29, 0.717) is 12.2 Å². The van der Waals surface area contributed by atoms with E-state index in [4.69, 9.17) is 28.9 Å². The van der Waals surface area contributed by atoms with Gasteiger partial charge in [-0.05, 0) is 18.2 Å². The smallest absolute Gasteiger partial charge is 0.250 e. The normalized spacial score (nSPS) is 12.2. The Labute approximate surface area is 103 Å². The second kappa shape index (κ2) is 5.94. The fraction of sp³-hybridized carbons (Fsp3) is 0.300. The van der Waals surface area contributed by atoms with Crippen molar-refractivity contribution in [3.63, 3.8) is 0 Å². The van der Waals surface area contributed by atoms with Crippen LogP contribution in [0.4, 0.5) is 5.69 Å². The lowest BCUT2D eigenvalue weighted by molar-refractivity contribution is 0.100. The van der Waals surface area contributed by atoms with Gasteiger partial charge in [0, 0.05) is 12.2 Å². The van der Waals surface area contributed by atoms with Crippen LogP contribution >= 0.6 is 23.2 Å². The molecule has 6 heteroatoms. The Bertz CT molecular complexity index is 385. The molecule has 16 heavy (non-hydrogen) atoms. The monoisotopic (exact) mass is 262 g/mol. The Morgan fingerprint density at radius 1 is 1.56 bits per heavy atom. The van der Waals surface area contributed by atoms with Crippen LogP contribution in [-0.4, -0.2) is 29.5 Å². The van der Waals surface area contributed by atoms with Crippen molar-refractivity contribution in [2.24, 2.45) is 5.73 Å². The lowest BCUT2D eigenvalue weighted by atomic mass is 10.2. The van der Waals surface area contributed by atoms with Crippen LogP contribution in [0.2, 0.25) is 5.02 Å². The van der Waals surface area contributed by atoms with Crippen LogP contribution in [0.3, 0.4) is 0 Å². The quantitative estimate of drug-likeness (QED) is 0.704. The minimum Gasteiger partial charge on any atom is -0.390 e. The highest BCUT2D eigenvalue weighted by atomic mass is 35.5. The van der Waals surface area contributed by atoms with Gasteiger partial charge in [0.2, 0.25) is 5.91 Å². The summed E-state index contributed by atoms with van der Waals surface area (Å²) in [6.07, 6.45) is -0.628. The van der Waals surface area contributed by atoms with Gasteiger partial charge >= 0.3 is 0 Å². The summed E-state index contributed by atoms with van der Waals surface area (Å²) in [4.78, 5) is 10.9. The molecule has 0 aromatic heterocycles. The Hall–Kier alpha value is -0.970. The Morgan fingerprint density at radius 3 is 2.75 bits per heavy atom. The number of amides is 1. The van der Waals surface area contributed by atoms with Crippen molar-refractivity contribution >= 4 is 34.8 Å². The molecule has 0 saturated heterocycles. The van der Waals surface area contributed by atoms with E-state index in [0.717, 1.165) is 0 Å². The maximum Gasteiger partial charge on any atom is 0.250 e. The Kier molecular flexibility index (Phi) is 4.86. The molecule has 0 saturated carbocycles. The summed E-state index contributed by atoms with van der Waals surface area (Å²) < 4.78 is 0. The molecular weight excluding hydrogens is 251 g/mol. The third kappa shape index (κ3) is 3.56. The molecule has 0 radical (unpaired) electrons. The average molecular weight is 263 g/mol. The average Bonchev–Trinajstić information content (AvgIpc) is 2.25. The number of hydrogen-bond donors (Lipinski definition) is 3. The highest BCUT2D eigenvalue weighted by Crippen LogP contribution is 2.20. The van der Waals surface area contributed by atoms with Crippen LogP contribution in [-0.2, 0) is 0 Å². The molecule has 0 heterocycles. The molecule has 1 amide bonds. The first-order chi connectivity index (χ1) is 7.54. The summed E-state index contributed by atoms with van der Waals surface area (Å²) in [5.41, 5.74) is 6.07.